The Morgan fingerprint density at radius 3 is 2.13 bits per heavy atom. The Balaban J connectivity index is 1.68. The first-order valence-electron chi connectivity index (χ1n) is 14.1. The number of benzene rings is 2. The van der Waals surface area contributed by atoms with Crippen molar-refractivity contribution < 1.29 is 67.7 Å². The zero-order chi connectivity index (χ0) is 35.0. The first kappa shape index (κ1) is 37.4. The Morgan fingerprint density at radius 2 is 1.51 bits per heavy atom. The third kappa shape index (κ3) is 11.3. The minimum absolute atomic E-state index is 0.151. The van der Waals surface area contributed by atoms with E-state index in [1.54, 1.807) is 0 Å². The van der Waals surface area contributed by atoms with Crippen molar-refractivity contribution in [3.8, 4) is 16.9 Å². The van der Waals surface area contributed by atoms with Crippen LogP contribution in [0.25, 0.3) is 22.1 Å². The van der Waals surface area contributed by atoms with Crippen molar-refractivity contribution in [2.24, 2.45) is 0 Å². The van der Waals surface area contributed by atoms with Gasteiger partial charge in [-0.3, -0.25) is 0 Å². The van der Waals surface area contributed by atoms with E-state index in [1.807, 2.05) is 6.92 Å². The van der Waals surface area contributed by atoms with E-state index in [1.165, 1.54) is 24.3 Å². The van der Waals surface area contributed by atoms with E-state index in [-0.39, 0.29) is 22.3 Å². The molecule has 0 unspecified atom stereocenters. The summed E-state index contributed by atoms with van der Waals surface area (Å²) in [5, 5.41) is 0.151. The molecule has 0 atom stereocenters. The lowest BCUT2D eigenvalue weighted by Crippen LogP contribution is -2.41. The molecular formula is C31H29F9O7. The van der Waals surface area contributed by atoms with Gasteiger partial charge in [0.2, 0.25) is 0 Å². The van der Waals surface area contributed by atoms with Crippen molar-refractivity contribution in [3.63, 3.8) is 0 Å². The Kier molecular flexibility index (Phi) is 12.1. The molecule has 1 aromatic heterocycles. The summed E-state index contributed by atoms with van der Waals surface area (Å²) in [6.07, 6.45) is -19.4. The zero-order valence-electron chi connectivity index (χ0n) is 24.7. The summed E-state index contributed by atoms with van der Waals surface area (Å²) in [5.41, 5.74) is -2.65. The van der Waals surface area contributed by atoms with Gasteiger partial charge < -0.3 is 13.9 Å². The summed E-state index contributed by atoms with van der Waals surface area (Å²) < 4.78 is 145. The highest BCUT2D eigenvalue weighted by atomic mass is 19.4. The number of rotatable bonds is 17. The maximum Gasteiger partial charge on any atom is 0.494 e. The van der Waals surface area contributed by atoms with Gasteiger partial charge in [0.15, 0.2) is 0 Å². The normalized spacial score (nSPS) is 12.7. The summed E-state index contributed by atoms with van der Waals surface area (Å²) in [6.45, 7) is 2.85. The minimum Gasteiger partial charge on any atom is -0.493 e. The minimum atomic E-state index is -5.47. The number of carbonyl (C=O) groups is 1. The van der Waals surface area contributed by atoms with Gasteiger partial charge in [-0.2, -0.15) is 30.7 Å². The van der Waals surface area contributed by atoms with E-state index >= 15 is 0 Å². The van der Waals surface area contributed by atoms with Crippen LogP contribution in [0.2, 0.25) is 0 Å². The van der Waals surface area contributed by atoms with E-state index in [0.717, 1.165) is 31.0 Å². The predicted octanol–water partition coefficient (Wildman–Crippen LogP) is 8.87. The molecule has 0 saturated heterocycles. The molecule has 3 rings (SSSR count). The van der Waals surface area contributed by atoms with E-state index in [0.29, 0.717) is 24.5 Å². The van der Waals surface area contributed by atoms with E-state index in [4.69, 9.17) is 9.15 Å². The molecule has 1 heterocycles. The lowest BCUT2D eigenvalue weighted by molar-refractivity contribution is -0.514. The highest BCUT2D eigenvalue weighted by Gasteiger charge is 2.52. The van der Waals surface area contributed by atoms with Crippen molar-refractivity contribution in [1.29, 1.82) is 0 Å². The zero-order valence-corrected chi connectivity index (χ0v) is 24.7. The van der Waals surface area contributed by atoms with Gasteiger partial charge in [-0.25, -0.2) is 19.1 Å². The molecule has 258 valence electrons. The molecule has 47 heavy (non-hydrogen) atoms. The number of alkyl halides is 9. The van der Waals surface area contributed by atoms with Crippen molar-refractivity contribution >= 4 is 16.9 Å². The molecule has 0 aliphatic carbocycles. The molecule has 3 aromatic rings. The number of esters is 1. The summed E-state index contributed by atoms with van der Waals surface area (Å²) in [6, 6.07) is 8.34. The van der Waals surface area contributed by atoms with Crippen LogP contribution in [0.4, 0.5) is 39.5 Å². The number of aryl methyl sites for hydroxylation is 1. The summed E-state index contributed by atoms with van der Waals surface area (Å²) in [4.78, 5) is 23.6. The number of hydrogen-bond acceptors (Lipinski definition) is 7. The molecule has 16 heteroatoms. The molecule has 0 bridgehead atoms. The topological polar surface area (TPSA) is 84.2 Å². The molecule has 0 spiro atoms. The number of halogens is 9. The first-order valence-corrected chi connectivity index (χ1v) is 14.1. The van der Waals surface area contributed by atoms with Gasteiger partial charge in [-0.15, -0.1) is 8.78 Å². The van der Waals surface area contributed by atoms with Crippen LogP contribution in [0.1, 0.15) is 50.2 Å². The van der Waals surface area contributed by atoms with Crippen molar-refractivity contribution in [3.05, 3.63) is 76.7 Å². The van der Waals surface area contributed by atoms with E-state index in [2.05, 4.69) is 20.8 Å². The highest BCUT2D eigenvalue weighted by molar-refractivity contribution is 5.83. The second-order valence-corrected chi connectivity index (χ2v) is 10.1. The molecule has 0 fully saturated rings. The molecule has 0 N–H and O–H groups in total. The monoisotopic (exact) mass is 684 g/mol. The van der Waals surface area contributed by atoms with Gasteiger partial charge in [0.25, 0.3) is 0 Å². The van der Waals surface area contributed by atoms with Crippen LogP contribution in [0, 0.1) is 0 Å². The Labute approximate surface area is 261 Å². The SMILES string of the molecule is C=CC(=O)OCCC(F)(F)OC(F)(F)OC(F)(F)CCOc1ccc2cc(-c3ccc(CCCCC)cc3C(F)(F)F)c(=O)oc2c1. The van der Waals surface area contributed by atoms with Crippen LogP contribution in [-0.4, -0.2) is 37.7 Å². The van der Waals surface area contributed by atoms with Crippen LogP contribution in [0.5, 0.6) is 5.75 Å². The average molecular weight is 685 g/mol. The predicted molar refractivity (Wildman–Crippen MR) is 149 cm³/mol. The van der Waals surface area contributed by atoms with Crippen molar-refractivity contribution in [1.82, 2.24) is 0 Å². The standard InChI is InChI=1S/C31H29F9O7/c1-3-5-6-7-19-8-11-22(24(16-19)30(36,37)38)23-17-20-9-10-21(18-25(20)45-27(23)42)43-14-12-28(32,33)46-31(39,40)47-29(34,35)13-15-44-26(41)4-2/h4,8-11,16-18H,2-3,5-7,12-15H2,1H3. The van der Waals surface area contributed by atoms with Gasteiger partial charge in [-0.05, 0) is 42.7 Å². The number of hydrogen-bond donors (Lipinski definition) is 0. The van der Waals surface area contributed by atoms with Gasteiger partial charge in [0.1, 0.15) is 11.3 Å². The smallest absolute Gasteiger partial charge is 0.493 e. The first-order chi connectivity index (χ1) is 21.8. The molecule has 0 amide bonds. The summed E-state index contributed by atoms with van der Waals surface area (Å²) in [7, 11) is 0. The molecule has 0 aliphatic rings. The van der Waals surface area contributed by atoms with Crippen LogP contribution >= 0.6 is 0 Å². The lowest BCUT2D eigenvalue weighted by atomic mass is 9.95. The van der Waals surface area contributed by atoms with Crippen LogP contribution in [0.15, 0.2) is 64.3 Å². The Morgan fingerprint density at radius 1 is 0.851 bits per heavy atom. The number of ether oxygens (including phenoxy) is 4. The van der Waals surface area contributed by atoms with Gasteiger partial charge in [0.05, 0.1) is 37.2 Å². The largest absolute Gasteiger partial charge is 0.494 e. The van der Waals surface area contributed by atoms with Crippen molar-refractivity contribution in [2.75, 3.05) is 13.2 Å². The van der Waals surface area contributed by atoms with Gasteiger partial charge >= 0.3 is 36.3 Å². The summed E-state index contributed by atoms with van der Waals surface area (Å²) in [5.74, 6) is -1.34. The van der Waals surface area contributed by atoms with Gasteiger partial charge in [0, 0.05) is 23.1 Å². The second-order valence-electron chi connectivity index (χ2n) is 10.1. The molecule has 0 aliphatic heterocycles. The molecule has 2 aromatic carbocycles. The van der Waals surface area contributed by atoms with Gasteiger partial charge in [-0.1, -0.05) is 38.5 Å². The van der Waals surface area contributed by atoms with E-state index in [9.17, 15) is 49.1 Å². The number of carbonyl (C=O) groups excluding carboxylic acids is 1. The molecule has 0 radical (unpaired) electrons. The summed E-state index contributed by atoms with van der Waals surface area (Å²) >= 11 is 0. The quantitative estimate of drug-likeness (QED) is 0.0351. The molecule has 7 nitrogen and oxygen atoms in total. The molecule has 0 saturated carbocycles. The van der Waals surface area contributed by atoms with E-state index < -0.39 is 73.5 Å². The van der Waals surface area contributed by atoms with Crippen LogP contribution in [-0.2, 0) is 31.6 Å². The van der Waals surface area contributed by atoms with Crippen LogP contribution in [0.3, 0.4) is 0 Å². The van der Waals surface area contributed by atoms with Crippen molar-refractivity contribution in [2.45, 2.75) is 70.1 Å². The lowest BCUT2D eigenvalue weighted by Gasteiger charge is -2.26. The number of fused-ring (bicyclic) bond motifs is 1. The van der Waals surface area contributed by atoms with Crippen LogP contribution < -0.4 is 10.4 Å². The fourth-order valence-electron chi connectivity index (χ4n) is 4.25. The number of unbranched alkanes of at least 4 members (excludes halogenated alkanes) is 2. The third-order valence-corrected chi connectivity index (χ3v) is 6.46. The fourth-order valence-corrected chi connectivity index (χ4v) is 4.25. The average Bonchev–Trinajstić information content (AvgIpc) is 2.95. The highest BCUT2D eigenvalue weighted by Crippen LogP contribution is 2.39. The fraction of sp³-hybridized carbons (Fsp3) is 0.419. The third-order valence-electron chi connectivity index (χ3n) is 6.46. The second kappa shape index (κ2) is 15.2. The Bertz CT molecular complexity index is 1600. The maximum absolute atomic E-state index is 14.0. The maximum atomic E-state index is 14.0. The molecular weight excluding hydrogens is 655 g/mol. The Hall–Kier alpha value is -4.05.